The van der Waals surface area contributed by atoms with E-state index in [2.05, 4.69) is 15.1 Å². The molecule has 2 aromatic heterocycles. The van der Waals surface area contributed by atoms with E-state index in [1.807, 2.05) is 6.07 Å². The predicted octanol–water partition coefficient (Wildman–Crippen LogP) is 2.27. The monoisotopic (exact) mass is 161 g/mol. The minimum Gasteiger partial charge on any atom is -0.341 e. The largest absolute Gasteiger partial charge is 0.341 e. The van der Waals surface area contributed by atoms with Crippen molar-refractivity contribution in [2.45, 2.75) is 6.92 Å². The van der Waals surface area contributed by atoms with Crippen LogP contribution in [0.15, 0.2) is 23.5 Å². The van der Waals surface area contributed by atoms with Gasteiger partial charge in [0.25, 0.3) is 0 Å². The zero-order valence-corrected chi connectivity index (χ0v) is 6.53. The quantitative estimate of drug-likeness (QED) is 0.652. The Morgan fingerprint density at radius 2 is 2.42 bits per heavy atom. The summed E-state index contributed by atoms with van der Waals surface area (Å²) in [5.41, 5.74) is 1.93. The first-order chi connectivity index (χ1) is 5.83. The van der Waals surface area contributed by atoms with Gasteiger partial charge in [0.1, 0.15) is 11.3 Å². The molecular weight excluding hydrogens is 154 g/mol. The van der Waals surface area contributed by atoms with Gasteiger partial charge in [0.05, 0.1) is 0 Å². The number of nitrogens with one attached hydrogen (secondary N) is 1. The molecule has 0 aliphatic heterocycles. The first-order valence-electron chi connectivity index (χ1n) is 3.59. The molecule has 0 saturated carbocycles. The predicted molar refractivity (Wildman–Crippen MR) is 46.3 cm³/mol. The van der Waals surface area contributed by atoms with E-state index in [1.54, 1.807) is 19.2 Å². The van der Waals surface area contributed by atoms with Crippen LogP contribution in [-0.4, -0.2) is 9.97 Å². The van der Waals surface area contributed by atoms with E-state index in [4.69, 9.17) is 0 Å². The standard InChI is InChI=1S/C8H7N3O/c1-5-7(11-12)6-3-2-4-9-8(6)10-5/h2-4H,1H3,(H,9,10). The fourth-order valence-electron chi connectivity index (χ4n) is 1.25. The zero-order chi connectivity index (χ0) is 8.55. The topological polar surface area (TPSA) is 58.1 Å². The molecule has 60 valence electrons. The Hall–Kier alpha value is -1.71. The van der Waals surface area contributed by atoms with E-state index in [0.717, 1.165) is 11.1 Å². The van der Waals surface area contributed by atoms with Crippen LogP contribution in [0.25, 0.3) is 11.0 Å². The van der Waals surface area contributed by atoms with Crippen LogP contribution in [0.5, 0.6) is 0 Å². The molecular formula is C8H7N3O. The smallest absolute Gasteiger partial charge is 0.139 e. The van der Waals surface area contributed by atoms with Crippen LogP contribution in [0.1, 0.15) is 5.69 Å². The Bertz CT molecular complexity index is 433. The van der Waals surface area contributed by atoms with Gasteiger partial charge in [-0.15, -0.1) is 4.91 Å². The molecule has 4 heteroatoms. The fourth-order valence-corrected chi connectivity index (χ4v) is 1.25. The normalized spacial score (nSPS) is 10.4. The van der Waals surface area contributed by atoms with Gasteiger partial charge in [-0.3, -0.25) is 0 Å². The molecule has 0 atom stereocenters. The lowest BCUT2D eigenvalue weighted by Crippen LogP contribution is -1.72. The number of hydrogen-bond donors (Lipinski definition) is 1. The minimum absolute atomic E-state index is 0.457. The third-order valence-electron chi connectivity index (χ3n) is 1.82. The molecule has 0 spiro atoms. The molecule has 0 amide bonds. The third-order valence-corrected chi connectivity index (χ3v) is 1.82. The van der Waals surface area contributed by atoms with Crippen molar-refractivity contribution in [3.63, 3.8) is 0 Å². The molecule has 0 unspecified atom stereocenters. The summed E-state index contributed by atoms with van der Waals surface area (Å²) < 4.78 is 0. The van der Waals surface area contributed by atoms with Gasteiger partial charge in [-0.2, -0.15) is 0 Å². The number of fused-ring (bicyclic) bond motifs is 1. The van der Waals surface area contributed by atoms with Crippen LogP contribution in [0, 0.1) is 11.8 Å². The van der Waals surface area contributed by atoms with Crippen molar-refractivity contribution >= 4 is 16.7 Å². The Morgan fingerprint density at radius 3 is 3.17 bits per heavy atom. The molecule has 2 rings (SSSR count). The maximum Gasteiger partial charge on any atom is 0.139 e. The highest BCUT2D eigenvalue weighted by Gasteiger charge is 2.07. The second-order valence-electron chi connectivity index (χ2n) is 2.59. The van der Waals surface area contributed by atoms with Crippen LogP contribution < -0.4 is 0 Å². The van der Waals surface area contributed by atoms with Crippen molar-refractivity contribution < 1.29 is 0 Å². The Balaban J connectivity index is 2.90. The number of aryl methyl sites for hydroxylation is 1. The molecule has 0 radical (unpaired) electrons. The zero-order valence-electron chi connectivity index (χ0n) is 6.53. The highest BCUT2D eigenvalue weighted by molar-refractivity contribution is 5.89. The lowest BCUT2D eigenvalue weighted by molar-refractivity contribution is 1.24. The van der Waals surface area contributed by atoms with Crippen molar-refractivity contribution in [1.82, 2.24) is 9.97 Å². The molecule has 0 fully saturated rings. The summed E-state index contributed by atoms with van der Waals surface area (Å²) >= 11 is 0. The fraction of sp³-hybridized carbons (Fsp3) is 0.125. The van der Waals surface area contributed by atoms with Crippen molar-refractivity contribution in [1.29, 1.82) is 0 Å². The lowest BCUT2D eigenvalue weighted by atomic mass is 10.3. The van der Waals surface area contributed by atoms with E-state index in [-0.39, 0.29) is 0 Å². The number of H-pyrrole nitrogens is 1. The summed E-state index contributed by atoms with van der Waals surface area (Å²) in [6, 6.07) is 3.60. The first kappa shape index (κ1) is 6.97. The number of nitroso groups, excluding NO2 is 1. The molecule has 12 heavy (non-hydrogen) atoms. The van der Waals surface area contributed by atoms with Gasteiger partial charge in [-0.1, -0.05) is 0 Å². The second-order valence-corrected chi connectivity index (χ2v) is 2.59. The lowest BCUT2D eigenvalue weighted by Gasteiger charge is -1.85. The van der Waals surface area contributed by atoms with Crippen molar-refractivity contribution in [2.75, 3.05) is 0 Å². The van der Waals surface area contributed by atoms with Crippen LogP contribution in [-0.2, 0) is 0 Å². The van der Waals surface area contributed by atoms with Crippen LogP contribution in [0.2, 0.25) is 0 Å². The van der Waals surface area contributed by atoms with E-state index < -0.39 is 0 Å². The van der Waals surface area contributed by atoms with Crippen molar-refractivity contribution in [3.05, 3.63) is 28.9 Å². The molecule has 2 heterocycles. The van der Waals surface area contributed by atoms with Gasteiger partial charge >= 0.3 is 0 Å². The second kappa shape index (κ2) is 2.41. The SMILES string of the molecule is Cc1[nH]c2ncccc2c1N=O. The maximum atomic E-state index is 10.4. The van der Waals surface area contributed by atoms with Crippen molar-refractivity contribution in [3.8, 4) is 0 Å². The Labute approximate surface area is 68.6 Å². The molecule has 2 aromatic rings. The van der Waals surface area contributed by atoms with Crippen LogP contribution in [0.3, 0.4) is 0 Å². The molecule has 4 nitrogen and oxygen atoms in total. The summed E-state index contributed by atoms with van der Waals surface area (Å²) in [7, 11) is 0. The summed E-state index contributed by atoms with van der Waals surface area (Å²) in [5.74, 6) is 0. The van der Waals surface area contributed by atoms with Gasteiger partial charge < -0.3 is 4.98 Å². The van der Waals surface area contributed by atoms with Crippen LogP contribution >= 0.6 is 0 Å². The highest BCUT2D eigenvalue weighted by Crippen LogP contribution is 2.27. The number of aromatic amines is 1. The summed E-state index contributed by atoms with van der Waals surface area (Å²) in [6.45, 7) is 1.80. The average molecular weight is 161 g/mol. The highest BCUT2D eigenvalue weighted by atomic mass is 16.3. The van der Waals surface area contributed by atoms with E-state index in [0.29, 0.717) is 11.3 Å². The molecule has 0 bridgehead atoms. The number of rotatable bonds is 1. The summed E-state index contributed by atoms with van der Waals surface area (Å²) in [6.07, 6.45) is 1.67. The van der Waals surface area contributed by atoms with Gasteiger partial charge in [0, 0.05) is 17.3 Å². The number of pyridine rings is 1. The van der Waals surface area contributed by atoms with E-state index in [9.17, 15) is 4.91 Å². The van der Waals surface area contributed by atoms with Crippen LogP contribution in [0.4, 0.5) is 5.69 Å². The number of hydrogen-bond acceptors (Lipinski definition) is 3. The summed E-state index contributed by atoms with van der Waals surface area (Å²) in [5, 5.41) is 3.72. The van der Waals surface area contributed by atoms with Gasteiger partial charge in [-0.05, 0) is 24.2 Å². The Morgan fingerprint density at radius 1 is 1.58 bits per heavy atom. The van der Waals surface area contributed by atoms with E-state index >= 15 is 0 Å². The molecule has 0 saturated heterocycles. The minimum atomic E-state index is 0.457. The molecule has 0 aliphatic carbocycles. The third kappa shape index (κ3) is 0.812. The molecule has 0 aromatic carbocycles. The average Bonchev–Trinajstić information content (AvgIpc) is 2.40. The number of nitrogens with zero attached hydrogens (tertiary/aromatic N) is 2. The molecule has 1 N–H and O–H groups in total. The summed E-state index contributed by atoms with van der Waals surface area (Å²) in [4.78, 5) is 17.4. The Kier molecular flexibility index (Phi) is 1.40. The van der Waals surface area contributed by atoms with Gasteiger partial charge in [0.15, 0.2) is 0 Å². The maximum absolute atomic E-state index is 10.4. The first-order valence-corrected chi connectivity index (χ1v) is 3.59. The van der Waals surface area contributed by atoms with Crippen molar-refractivity contribution in [2.24, 2.45) is 5.18 Å². The van der Waals surface area contributed by atoms with Gasteiger partial charge in [0.2, 0.25) is 0 Å². The molecule has 0 aliphatic rings. The van der Waals surface area contributed by atoms with E-state index in [1.165, 1.54) is 0 Å². The van der Waals surface area contributed by atoms with Gasteiger partial charge in [-0.25, -0.2) is 4.98 Å². The number of aromatic nitrogens is 2.